The van der Waals surface area contributed by atoms with E-state index in [0.717, 1.165) is 5.56 Å². The molecule has 1 aliphatic carbocycles. The van der Waals surface area contributed by atoms with Crippen molar-refractivity contribution in [2.45, 2.75) is 33.3 Å². The van der Waals surface area contributed by atoms with Gasteiger partial charge in [-0.3, -0.25) is 4.79 Å². The summed E-state index contributed by atoms with van der Waals surface area (Å²) in [7, 11) is 0. The fourth-order valence-electron chi connectivity index (χ4n) is 5.08. The average Bonchev–Trinajstić information content (AvgIpc) is 3.19. The highest BCUT2D eigenvalue weighted by Gasteiger charge is 2.43. The second-order valence-corrected chi connectivity index (χ2v) is 9.57. The van der Waals surface area contributed by atoms with Gasteiger partial charge in [0, 0.05) is 28.3 Å². The smallest absolute Gasteiger partial charge is 0.336 e. The lowest BCUT2D eigenvalue weighted by Gasteiger charge is -2.30. The summed E-state index contributed by atoms with van der Waals surface area (Å²) in [6, 6.07) is 16.8. The van der Waals surface area contributed by atoms with Gasteiger partial charge in [-0.1, -0.05) is 48.0 Å². The molecule has 39 heavy (non-hydrogen) atoms. The number of carbonyl (C=O) groups is 2. The van der Waals surface area contributed by atoms with Crippen molar-refractivity contribution in [1.29, 1.82) is 0 Å². The third-order valence-electron chi connectivity index (χ3n) is 6.68. The van der Waals surface area contributed by atoms with Crippen LogP contribution in [-0.4, -0.2) is 25.0 Å². The summed E-state index contributed by atoms with van der Waals surface area (Å²) in [6.07, 6.45) is 0. The molecule has 0 bridgehead atoms. The zero-order valence-corrected chi connectivity index (χ0v) is 22.5. The maximum absolute atomic E-state index is 13.7. The standard InChI is InChI=1S/C31H27ClFNO5/c1-4-37-24-15-19(14-23(32)30(24)39-16-18-9-8-10-20(33)13-18)26-25(31(36)38-5-2)17(3)34-28-21-11-6-7-12-22(21)29(35)27(26)28/h6-15,26,34H,4-5,16H2,1-3H3/t26-/m1/s1. The molecule has 0 aromatic heterocycles. The molecule has 0 unspecified atom stereocenters. The van der Waals surface area contributed by atoms with Gasteiger partial charge in [0.25, 0.3) is 0 Å². The van der Waals surface area contributed by atoms with E-state index in [2.05, 4.69) is 5.32 Å². The van der Waals surface area contributed by atoms with E-state index in [1.54, 1.807) is 44.2 Å². The number of esters is 1. The summed E-state index contributed by atoms with van der Waals surface area (Å²) in [6.45, 7) is 5.92. The molecule has 0 fully saturated rings. The van der Waals surface area contributed by atoms with Crippen LogP contribution < -0.4 is 14.8 Å². The lowest BCUT2D eigenvalue weighted by atomic mass is 9.79. The van der Waals surface area contributed by atoms with Crippen molar-refractivity contribution < 1.29 is 28.2 Å². The molecule has 6 nitrogen and oxygen atoms in total. The summed E-state index contributed by atoms with van der Waals surface area (Å²) in [5.41, 5.74) is 4.55. The summed E-state index contributed by atoms with van der Waals surface area (Å²) in [5, 5.41) is 3.51. The number of allylic oxidation sites excluding steroid dienone is 2. The lowest BCUT2D eigenvalue weighted by molar-refractivity contribution is -0.138. The van der Waals surface area contributed by atoms with Crippen molar-refractivity contribution >= 4 is 29.1 Å². The van der Waals surface area contributed by atoms with E-state index in [4.69, 9.17) is 25.8 Å². The van der Waals surface area contributed by atoms with Gasteiger partial charge in [0.05, 0.1) is 29.5 Å². The van der Waals surface area contributed by atoms with E-state index >= 15 is 0 Å². The van der Waals surface area contributed by atoms with Crippen molar-refractivity contribution in [3.63, 3.8) is 0 Å². The van der Waals surface area contributed by atoms with E-state index in [1.807, 2.05) is 25.1 Å². The predicted octanol–water partition coefficient (Wildman–Crippen LogP) is 6.59. The van der Waals surface area contributed by atoms with Crippen molar-refractivity contribution in [2.75, 3.05) is 13.2 Å². The van der Waals surface area contributed by atoms with Crippen LogP contribution in [0.15, 0.2) is 77.5 Å². The van der Waals surface area contributed by atoms with Gasteiger partial charge in [-0.25, -0.2) is 9.18 Å². The number of ketones is 1. The molecular weight excluding hydrogens is 521 g/mol. The number of rotatable bonds is 8. The second-order valence-electron chi connectivity index (χ2n) is 9.16. The van der Waals surface area contributed by atoms with Gasteiger partial charge in [0.2, 0.25) is 0 Å². The molecule has 5 rings (SSSR count). The van der Waals surface area contributed by atoms with Crippen molar-refractivity contribution in [3.8, 4) is 11.5 Å². The Balaban J connectivity index is 1.62. The highest BCUT2D eigenvalue weighted by Crippen LogP contribution is 2.49. The Morgan fingerprint density at radius 3 is 2.49 bits per heavy atom. The normalized spacial score (nSPS) is 16.0. The molecular formula is C31H27ClFNO5. The first-order chi connectivity index (χ1) is 18.8. The second kappa shape index (κ2) is 10.9. The molecule has 1 heterocycles. The van der Waals surface area contributed by atoms with E-state index in [-0.39, 0.29) is 35.6 Å². The van der Waals surface area contributed by atoms with Gasteiger partial charge in [-0.05, 0) is 56.2 Å². The molecule has 3 aromatic carbocycles. The monoisotopic (exact) mass is 547 g/mol. The SMILES string of the molecule is CCOC(=O)C1=C(C)NC2=C(C(=O)c3ccccc32)[C@@H]1c1cc(Cl)c(OCc2cccc(F)c2)c(OCC)c1. The molecule has 1 N–H and O–H groups in total. The molecule has 1 atom stereocenters. The van der Waals surface area contributed by atoms with Crippen molar-refractivity contribution in [1.82, 2.24) is 5.32 Å². The van der Waals surface area contributed by atoms with E-state index in [9.17, 15) is 14.0 Å². The van der Waals surface area contributed by atoms with Crippen LogP contribution >= 0.6 is 11.6 Å². The number of nitrogens with one attached hydrogen (secondary N) is 1. The largest absolute Gasteiger partial charge is 0.490 e. The molecule has 0 amide bonds. The van der Waals surface area contributed by atoms with Crippen LogP contribution in [0.4, 0.5) is 4.39 Å². The van der Waals surface area contributed by atoms with E-state index < -0.39 is 11.9 Å². The number of fused-ring (bicyclic) bond motifs is 2. The number of carbonyl (C=O) groups excluding carboxylic acids is 2. The Kier molecular flexibility index (Phi) is 7.44. The molecule has 0 saturated heterocycles. The fraction of sp³-hybridized carbons (Fsp3) is 0.226. The summed E-state index contributed by atoms with van der Waals surface area (Å²) in [4.78, 5) is 26.9. The van der Waals surface area contributed by atoms with Gasteiger partial charge in [0.15, 0.2) is 17.3 Å². The van der Waals surface area contributed by atoms with Crippen LogP contribution in [0.1, 0.15) is 53.7 Å². The number of hydrogen-bond acceptors (Lipinski definition) is 6. The molecule has 3 aromatic rings. The van der Waals surface area contributed by atoms with Crippen LogP contribution in [-0.2, 0) is 16.1 Å². The summed E-state index contributed by atoms with van der Waals surface area (Å²) in [5.74, 6) is -1.19. The minimum Gasteiger partial charge on any atom is -0.490 e. The fourth-order valence-corrected chi connectivity index (χ4v) is 5.36. The third-order valence-corrected chi connectivity index (χ3v) is 6.96. The van der Waals surface area contributed by atoms with Gasteiger partial charge in [0.1, 0.15) is 12.4 Å². The Labute approximate surface area is 231 Å². The molecule has 200 valence electrons. The Morgan fingerprint density at radius 2 is 1.77 bits per heavy atom. The minimum atomic E-state index is -0.755. The van der Waals surface area contributed by atoms with E-state index in [1.165, 1.54) is 12.1 Å². The molecule has 0 saturated carbocycles. The third kappa shape index (κ3) is 4.90. The van der Waals surface area contributed by atoms with Crippen LogP contribution in [0.3, 0.4) is 0 Å². The van der Waals surface area contributed by atoms with Crippen LogP contribution in [0.2, 0.25) is 5.02 Å². The number of Topliss-reactive ketones (excluding diaryl/α,β-unsaturated/α-hetero) is 1. The van der Waals surface area contributed by atoms with Crippen molar-refractivity contribution in [3.05, 3.63) is 111 Å². The van der Waals surface area contributed by atoms with Crippen LogP contribution in [0, 0.1) is 5.82 Å². The molecule has 8 heteroatoms. The maximum Gasteiger partial charge on any atom is 0.336 e. The minimum absolute atomic E-state index is 0.0699. The van der Waals surface area contributed by atoms with Crippen molar-refractivity contribution in [2.24, 2.45) is 0 Å². The number of halogens is 2. The first-order valence-corrected chi connectivity index (χ1v) is 13.1. The molecule has 0 spiro atoms. The summed E-state index contributed by atoms with van der Waals surface area (Å²) >= 11 is 6.75. The number of ether oxygens (including phenoxy) is 3. The van der Waals surface area contributed by atoms with E-state index in [0.29, 0.717) is 51.6 Å². The van der Waals surface area contributed by atoms with Gasteiger partial charge >= 0.3 is 5.97 Å². The van der Waals surface area contributed by atoms with Gasteiger partial charge in [-0.2, -0.15) is 0 Å². The highest BCUT2D eigenvalue weighted by atomic mass is 35.5. The topological polar surface area (TPSA) is 73.9 Å². The number of hydrogen-bond donors (Lipinski definition) is 1. The lowest BCUT2D eigenvalue weighted by Crippen LogP contribution is -2.29. The van der Waals surface area contributed by atoms with Crippen LogP contribution in [0.5, 0.6) is 11.5 Å². The Hall–Kier alpha value is -4.10. The highest BCUT2D eigenvalue weighted by molar-refractivity contribution is 6.32. The number of dihydropyridines is 1. The first-order valence-electron chi connectivity index (χ1n) is 12.7. The quantitative estimate of drug-likeness (QED) is 0.321. The van der Waals surface area contributed by atoms with Gasteiger partial charge in [-0.15, -0.1) is 0 Å². The molecule has 0 radical (unpaired) electrons. The Bertz CT molecular complexity index is 1540. The molecule has 1 aliphatic heterocycles. The summed E-state index contributed by atoms with van der Waals surface area (Å²) < 4.78 is 31.0. The molecule has 2 aliphatic rings. The zero-order valence-electron chi connectivity index (χ0n) is 21.8. The predicted molar refractivity (Wildman–Crippen MR) is 146 cm³/mol. The van der Waals surface area contributed by atoms with Gasteiger partial charge < -0.3 is 19.5 Å². The maximum atomic E-state index is 13.7. The number of benzene rings is 3. The van der Waals surface area contributed by atoms with Crippen LogP contribution in [0.25, 0.3) is 5.70 Å². The Morgan fingerprint density at radius 1 is 1.00 bits per heavy atom. The first kappa shape index (κ1) is 26.5. The zero-order chi connectivity index (χ0) is 27.7. The average molecular weight is 548 g/mol.